The van der Waals surface area contributed by atoms with Gasteiger partial charge in [0, 0.05) is 11.4 Å². The third-order valence-electron chi connectivity index (χ3n) is 4.15. The first-order valence-electron chi connectivity index (χ1n) is 8.21. The molecule has 0 aliphatic rings. The molecule has 0 spiro atoms. The van der Waals surface area contributed by atoms with Crippen LogP contribution in [0.5, 0.6) is 0 Å². The molecule has 0 saturated carbocycles. The monoisotopic (exact) mass is 321 g/mol. The normalized spacial score (nSPS) is 12.8. The van der Waals surface area contributed by atoms with Crippen LogP contribution in [0.4, 0.5) is 11.4 Å². The van der Waals surface area contributed by atoms with Crippen molar-refractivity contribution in [3.63, 3.8) is 0 Å². The summed E-state index contributed by atoms with van der Waals surface area (Å²) in [5.74, 6) is 0.418. The van der Waals surface area contributed by atoms with Gasteiger partial charge in [-0.15, -0.1) is 0 Å². The number of amides is 1. The van der Waals surface area contributed by atoms with Crippen LogP contribution in [0.2, 0.25) is 0 Å². The van der Waals surface area contributed by atoms with Crippen molar-refractivity contribution in [2.24, 2.45) is 0 Å². The summed E-state index contributed by atoms with van der Waals surface area (Å²) >= 11 is 0. The van der Waals surface area contributed by atoms with Gasteiger partial charge in [0.15, 0.2) is 0 Å². The molecule has 0 aromatic heterocycles. The van der Waals surface area contributed by atoms with E-state index in [2.05, 4.69) is 42.7 Å². The lowest BCUT2D eigenvalue weighted by atomic mass is 9.98. The molecule has 124 valence electrons. The lowest BCUT2D eigenvalue weighted by Crippen LogP contribution is -2.31. The molecule has 0 bridgehead atoms. The van der Waals surface area contributed by atoms with E-state index < -0.39 is 0 Å². The number of carbonyl (C=O) groups is 1. The summed E-state index contributed by atoms with van der Waals surface area (Å²) in [4.78, 5) is 12.3. The number of hydrogen-bond donors (Lipinski definition) is 2. The SMILES string of the molecule is CC[C@@H](C)c1ccc(N[C@H](C)C(=O)Nc2ccc(C#N)cc2)cc1. The molecule has 0 saturated heterocycles. The summed E-state index contributed by atoms with van der Waals surface area (Å²) < 4.78 is 0. The zero-order valence-corrected chi connectivity index (χ0v) is 14.3. The highest BCUT2D eigenvalue weighted by Gasteiger charge is 2.13. The molecule has 0 heterocycles. The number of nitriles is 1. The number of anilines is 2. The minimum atomic E-state index is -0.366. The molecule has 0 unspecified atom stereocenters. The van der Waals surface area contributed by atoms with Crippen LogP contribution in [-0.4, -0.2) is 11.9 Å². The van der Waals surface area contributed by atoms with Crippen LogP contribution < -0.4 is 10.6 Å². The topological polar surface area (TPSA) is 64.9 Å². The molecule has 2 aromatic carbocycles. The van der Waals surface area contributed by atoms with Crippen molar-refractivity contribution >= 4 is 17.3 Å². The number of nitrogens with one attached hydrogen (secondary N) is 2. The van der Waals surface area contributed by atoms with Crippen molar-refractivity contribution in [3.05, 3.63) is 59.7 Å². The van der Waals surface area contributed by atoms with Gasteiger partial charge >= 0.3 is 0 Å². The van der Waals surface area contributed by atoms with E-state index in [-0.39, 0.29) is 11.9 Å². The largest absolute Gasteiger partial charge is 0.374 e. The molecule has 2 N–H and O–H groups in total. The van der Waals surface area contributed by atoms with Gasteiger partial charge in [-0.3, -0.25) is 4.79 Å². The molecule has 0 fully saturated rings. The molecule has 2 aromatic rings. The predicted molar refractivity (Wildman–Crippen MR) is 98.0 cm³/mol. The lowest BCUT2D eigenvalue weighted by molar-refractivity contribution is -0.116. The van der Waals surface area contributed by atoms with Crippen molar-refractivity contribution in [3.8, 4) is 6.07 Å². The Morgan fingerprint density at radius 2 is 1.62 bits per heavy atom. The Kier molecular flexibility index (Phi) is 5.97. The zero-order chi connectivity index (χ0) is 17.5. The molecule has 0 radical (unpaired) electrons. The van der Waals surface area contributed by atoms with Crippen LogP contribution in [-0.2, 0) is 4.79 Å². The van der Waals surface area contributed by atoms with Gasteiger partial charge < -0.3 is 10.6 Å². The number of benzene rings is 2. The number of hydrogen-bond acceptors (Lipinski definition) is 3. The average molecular weight is 321 g/mol. The maximum absolute atomic E-state index is 12.3. The van der Waals surface area contributed by atoms with Gasteiger partial charge in [-0.25, -0.2) is 0 Å². The van der Waals surface area contributed by atoms with Crippen LogP contribution in [0.15, 0.2) is 48.5 Å². The van der Waals surface area contributed by atoms with Gasteiger partial charge in [-0.2, -0.15) is 5.26 Å². The molecule has 4 heteroatoms. The van der Waals surface area contributed by atoms with Gasteiger partial charge in [0.1, 0.15) is 6.04 Å². The Morgan fingerprint density at radius 1 is 1.04 bits per heavy atom. The van der Waals surface area contributed by atoms with Gasteiger partial charge in [0.05, 0.1) is 11.6 Å². The molecule has 4 nitrogen and oxygen atoms in total. The second-order valence-electron chi connectivity index (χ2n) is 5.98. The van der Waals surface area contributed by atoms with E-state index in [0.717, 1.165) is 12.1 Å². The lowest BCUT2D eigenvalue weighted by Gasteiger charge is -2.16. The van der Waals surface area contributed by atoms with Crippen LogP contribution in [0.25, 0.3) is 0 Å². The van der Waals surface area contributed by atoms with E-state index in [4.69, 9.17) is 5.26 Å². The smallest absolute Gasteiger partial charge is 0.246 e. The summed E-state index contributed by atoms with van der Waals surface area (Å²) in [5.41, 5.74) is 3.47. The van der Waals surface area contributed by atoms with Crippen molar-refractivity contribution in [2.45, 2.75) is 39.2 Å². The van der Waals surface area contributed by atoms with Crippen LogP contribution in [0.1, 0.15) is 44.2 Å². The summed E-state index contributed by atoms with van der Waals surface area (Å²) in [7, 11) is 0. The Labute approximate surface area is 143 Å². The fourth-order valence-corrected chi connectivity index (χ4v) is 2.34. The molecular formula is C20H23N3O. The third kappa shape index (κ3) is 4.60. The van der Waals surface area contributed by atoms with Crippen LogP contribution >= 0.6 is 0 Å². The molecule has 0 aliphatic carbocycles. The molecular weight excluding hydrogens is 298 g/mol. The molecule has 2 rings (SSSR count). The fraction of sp³-hybridized carbons (Fsp3) is 0.300. The van der Waals surface area contributed by atoms with E-state index >= 15 is 0 Å². The van der Waals surface area contributed by atoms with Crippen molar-refractivity contribution in [1.82, 2.24) is 0 Å². The van der Waals surface area contributed by atoms with Crippen molar-refractivity contribution < 1.29 is 4.79 Å². The standard InChI is InChI=1S/C20H23N3O/c1-4-14(2)17-7-11-18(12-8-17)22-15(3)20(24)23-19-9-5-16(13-21)6-10-19/h5-12,14-15,22H,4H2,1-3H3,(H,23,24)/t14-,15-/m1/s1. The highest BCUT2D eigenvalue weighted by Crippen LogP contribution is 2.21. The summed E-state index contributed by atoms with van der Waals surface area (Å²) in [6.07, 6.45) is 1.11. The van der Waals surface area contributed by atoms with E-state index in [1.54, 1.807) is 24.3 Å². The quantitative estimate of drug-likeness (QED) is 0.822. The molecule has 24 heavy (non-hydrogen) atoms. The van der Waals surface area contributed by atoms with Gasteiger partial charge in [0.2, 0.25) is 5.91 Å². The number of rotatable bonds is 6. The first-order chi connectivity index (χ1) is 11.5. The summed E-state index contributed by atoms with van der Waals surface area (Å²) in [5, 5.41) is 14.8. The highest BCUT2D eigenvalue weighted by atomic mass is 16.2. The van der Waals surface area contributed by atoms with Gasteiger partial charge in [-0.1, -0.05) is 26.0 Å². The van der Waals surface area contributed by atoms with E-state index in [1.807, 2.05) is 19.1 Å². The first kappa shape index (κ1) is 17.6. The third-order valence-corrected chi connectivity index (χ3v) is 4.15. The van der Waals surface area contributed by atoms with Crippen molar-refractivity contribution in [1.29, 1.82) is 5.26 Å². The maximum Gasteiger partial charge on any atom is 0.246 e. The number of carbonyl (C=O) groups excluding carboxylic acids is 1. The fourth-order valence-electron chi connectivity index (χ4n) is 2.34. The van der Waals surface area contributed by atoms with E-state index in [9.17, 15) is 4.79 Å². The minimum absolute atomic E-state index is 0.120. The Hall–Kier alpha value is -2.80. The Morgan fingerprint density at radius 3 is 2.17 bits per heavy atom. The summed E-state index contributed by atoms with van der Waals surface area (Å²) in [6.45, 7) is 6.20. The Balaban J connectivity index is 1.94. The average Bonchev–Trinajstić information content (AvgIpc) is 2.62. The maximum atomic E-state index is 12.3. The highest BCUT2D eigenvalue weighted by molar-refractivity contribution is 5.96. The van der Waals surface area contributed by atoms with E-state index in [0.29, 0.717) is 17.2 Å². The first-order valence-corrected chi connectivity index (χ1v) is 8.21. The molecule has 0 aliphatic heterocycles. The van der Waals surface area contributed by atoms with E-state index in [1.165, 1.54) is 5.56 Å². The van der Waals surface area contributed by atoms with Crippen molar-refractivity contribution in [2.75, 3.05) is 10.6 Å². The summed E-state index contributed by atoms with van der Waals surface area (Å²) in [6, 6.07) is 16.7. The second kappa shape index (κ2) is 8.16. The molecule has 2 atom stereocenters. The predicted octanol–water partition coefficient (Wildman–Crippen LogP) is 4.51. The van der Waals surface area contributed by atoms with Gasteiger partial charge in [0.25, 0.3) is 0 Å². The zero-order valence-electron chi connectivity index (χ0n) is 14.3. The Bertz CT molecular complexity index is 714. The second-order valence-corrected chi connectivity index (χ2v) is 5.98. The van der Waals surface area contributed by atoms with Crippen LogP contribution in [0, 0.1) is 11.3 Å². The number of nitrogens with zero attached hydrogens (tertiary/aromatic N) is 1. The van der Waals surface area contributed by atoms with Crippen LogP contribution in [0.3, 0.4) is 0 Å². The molecule has 1 amide bonds. The minimum Gasteiger partial charge on any atom is -0.374 e. The van der Waals surface area contributed by atoms with Gasteiger partial charge in [-0.05, 0) is 61.2 Å².